The maximum atomic E-state index is 12.8. The van der Waals surface area contributed by atoms with E-state index in [1.165, 1.54) is 22.8 Å². The van der Waals surface area contributed by atoms with Crippen molar-refractivity contribution in [3.8, 4) is 0 Å². The van der Waals surface area contributed by atoms with Gasteiger partial charge in [0.05, 0.1) is 24.1 Å². The van der Waals surface area contributed by atoms with Crippen LogP contribution in [0.3, 0.4) is 0 Å². The molecule has 4 rings (SSSR count). The van der Waals surface area contributed by atoms with E-state index in [1.807, 2.05) is 4.90 Å². The van der Waals surface area contributed by atoms with E-state index >= 15 is 0 Å². The summed E-state index contributed by atoms with van der Waals surface area (Å²) in [5.74, 6) is -0.632. The van der Waals surface area contributed by atoms with Crippen LogP contribution in [0.1, 0.15) is 33.6 Å². The van der Waals surface area contributed by atoms with Crippen molar-refractivity contribution < 1.29 is 22.7 Å². The van der Waals surface area contributed by atoms with Crippen LogP contribution in [0.25, 0.3) is 0 Å². The zero-order valence-electron chi connectivity index (χ0n) is 18.0. The number of hydrogen-bond donors (Lipinski definition) is 1. The molecule has 1 aliphatic carbocycles. The second-order valence-electron chi connectivity index (χ2n) is 7.95. The smallest absolute Gasteiger partial charge is 0.341 e. The highest BCUT2D eigenvalue weighted by molar-refractivity contribution is 7.89. The summed E-state index contributed by atoms with van der Waals surface area (Å²) in [6.45, 7) is 1.72. The van der Waals surface area contributed by atoms with Gasteiger partial charge < -0.3 is 10.1 Å². The standard InChI is InChI=1S/C22H27N3O5S2/c1-30-22(27)20-17-9-5-6-10-18(17)31-21(20)23-19(26)15-24-11-13-25(14-12-24)32(28,29)16-7-3-2-4-8-16/h2-4,7-8H,5-6,9-15H2,1H3,(H,23,26). The van der Waals surface area contributed by atoms with E-state index in [-0.39, 0.29) is 17.3 Å². The molecule has 1 aromatic heterocycles. The molecule has 0 radical (unpaired) electrons. The minimum Gasteiger partial charge on any atom is -0.465 e. The number of nitrogens with zero attached hydrogens (tertiary/aromatic N) is 2. The lowest BCUT2D eigenvalue weighted by Gasteiger charge is -2.33. The van der Waals surface area contributed by atoms with E-state index in [2.05, 4.69) is 5.32 Å². The van der Waals surface area contributed by atoms with Crippen molar-refractivity contribution in [3.05, 3.63) is 46.3 Å². The van der Waals surface area contributed by atoms with E-state index < -0.39 is 16.0 Å². The summed E-state index contributed by atoms with van der Waals surface area (Å²) >= 11 is 1.46. The molecule has 2 heterocycles. The van der Waals surface area contributed by atoms with Gasteiger partial charge in [0, 0.05) is 31.1 Å². The number of amides is 1. The van der Waals surface area contributed by atoms with E-state index in [0.717, 1.165) is 36.1 Å². The topological polar surface area (TPSA) is 96.0 Å². The van der Waals surface area contributed by atoms with Crippen LogP contribution in [0.5, 0.6) is 0 Å². The van der Waals surface area contributed by atoms with Crippen molar-refractivity contribution in [1.29, 1.82) is 0 Å². The fourth-order valence-electron chi connectivity index (χ4n) is 4.21. The Morgan fingerprint density at radius 3 is 2.44 bits per heavy atom. The first-order valence-corrected chi connectivity index (χ1v) is 13.0. The molecule has 2 aromatic rings. The number of fused-ring (bicyclic) bond motifs is 1. The number of aryl methyl sites for hydroxylation is 1. The molecule has 1 aliphatic heterocycles. The van der Waals surface area contributed by atoms with E-state index in [9.17, 15) is 18.0 Å². The van der Waals surface area contributed by atoms with E-state index in [1.54, 1.807) is 30.3 Å². The molecule has 0 unspecified atom stereocenters. The molecule has 8 nitrogen and oxygen atoms in total. The SMILES string of the molecule is COC(=O)c1c(NC(=O)CN2CCN(S(=O)(=O)c3ccccc3)CC2)sc2c1CCCC2. The van der Waals surface area contributed by atoms with Gasteiger partial charge >= 0.3 is 5.97 Å². The molecule has 1 amide bonds. The Kier molecular flexibility index (Phi) is 6.94. The number of hydrogen-bond acceptors (Lipinski definition) is 7. The molecule has 0 atom stereocenters. The monoisotopic (exact) mass is 477 g/mol. The molecule has 32 heavy (non-hydrogen) atoms. The van der Waals surface area contributed by atoms with Gasteiger partial charge in [0.15, 0.2) is 0 Å². The Labute approximate surface area is 192 Å². The number of piperazine rings is 1. The molecule has 1 aromatic carbocycles. The molecule has 1 saturated heterocycles. The Hall–Kier alpha value is -2.27. The first-order chi connectivity index (χ1) is 15.4. The fraction of sp³-hybridized carbons (Fsp3) is 0.455. The maximum absolute atomic E-state index is 12.8. The van der Waals surface area contributed by atoms with Crippen LogP contribution < -0.4 is 5.32 Å². The van der Waals surface area contributed by atoms with Gasteiger partial charge in [-0.15, -0.1) is 11.3 Å². The predicted molar refractivity (Wildman–Crippen MR) is 123 cm³/mol. The lowest BCUT2D eigenvalue weighted by molar-refractivity contribution is -0.117. The second-order valence-corrected chi connectivity index (χ2v) is 11.0. The van der Waals surface area contributed by atoms with Gasteiger partial charge in [-0.25, -0.2) is 13.2 Å². The normalized spacial score (nSPS) is 17.5. The quantitative estimate of drug-likeness (QED) is 0.642. The minimum absolute atomic E-state index is 0.141. The predicted octanol–water partition coefficient (Wildman–Crippen LogP) is 2.36. The van der Waals surface area contributed by atoms with Crippen LogP contribution in [-0.2, 0) is 32.4 Å². The summed E-state index contributed by atoms with van der Waals surface area (Å²) in [7, 11) is -2.18. The largest absolute Gasteiger partial charge is 0.465 e. The van der Waals surface area contributed by atoms with Crippen molar-refractivity contribution >= 4 is 38.2 Å². The van der Waals surface area contributed by atoms with Crippen LogP contribution in [0.15, 0.2) is 35.2 Å². The molecule has 0 saturated carbocycles. The number of benzene rings is 1. The summed E-state index contributed by atoms with van der Waals surface area (Å²) in [5.41, 5.74) is 1.49. The van der Waals surface area contributed by atoms with Crippen LogP contribution in [0.2, 0.25) is 0 Å². The number of thiophene rings is 1. The Bertz CT molecular complexity index is 1090. The highest BCUT2D eigenvalue weighted by atomic mass is 32.2. The van der Waals surface area contributed by atoms with Crippen molar-refractivity contribution in [2.24, 2.45) is 0 Å². The number of carbonyl (C=O) groups excluding carboxylic acids is 2. The lowest BCUT2D eigenvalue weighted by atomic mass is 9.95. The minimum atomic E-state index is -3.53. The third-order valence-corrected chi connectivity index (χ3v) is 9.01. The van der Waals surface area contributed by atoms with Crippen molar-refractivity contribution in [2.45, 2.75) is 30.6 Å². The van der Waals surface area contributed by atoms with Gasteiger partial charge in [-0.1, -0.05) is 18.2 Å². The highest BCUT2D eigenvalue weighted by Crippen LogP contribution is 2.38. The van der Waals surface area contributed by atoms with Crippen LogP contribution >= 0.6 is 11.3 Å². The lowest BCUT2D eigenvalue weighted by Crippen LogP contribution is -2.50. The Morgan fingerprint density at radius 2 is 1.75 bits per heavy atom. The number of carbonyl (C=O) groups is 2. The number of nitrogens with one attached hydrogen (secondary N) is 1. The fourth-order valence-corrected chi connectivity index (χ4v) is 6.95. The second kappa shape index (κ2) is 9.70. The van der Waals surface area contributed by atoms with Crippen LogP contribution in [0, 0.1) is 0 Å². The van der Waals surface area contributed by atoms with Crippen molar-refractivity contribution in [2.75, 3.05) is 45.2 Å². The third kappa shape index (κ3) is 4.73. The zero-order chi connectivity index (χ0) is 22.7. The maximum Gasteiger partial charge on any atom is 0.341 e. The zero-order valence-corrected chi connectivity index (χ0v) is 19.6. The summed E-state index contributed by atoms with van der Waals surface area (Å²) < 4.78 is 32.0. The highest BCUT2D eigenvalue weighted by Gasteiger charge is 2.30. The number of esters is 1. The average Bonchev–Trinajstić information content (AvgIpc) is 3.17. The van der Waals surface area contributed by atoms with E-state index in [4.69, 9.17) is 4.74 Å². The van der Waals surface area contributed by atoms with Crippen molar-refractivity contribution in [3.63, 3.8) is 0 Å². The van der Waals surface area contributed by atoms with E-state index in [0.29, 0.717) is 36.7 Å². The summed E-state index contributed by atoms with van der Waals surface area (Å²) in [6.07, 6.45) is 3.84. The molecule has 0 spiro atoms. The average molecular weight is 478 g/mol. The summed E-state index contributed by atoms with van der Waals surface area (Å²) in [4.78, 5) is 28.4. The van der Waals surface area contributed by atoms with Gasteiger partial charge in [0.2, 0.25) is 15.9 Å². The van der Waals surface area contributed by atoms with Crippen LogP contribution in [0.4, 0.5) is 5.00 Å². The van der Waals surface area contributed by atoms with Gasteiger partial charge in [-0.3, -0.25) is 9.69 Å². The van der Waals surface area contributed by atoms with Gasteiger partial charge in [-0.2, -0.15) is 4.31 Å². The molecular formula is C22H27N3O5S2. The third-order valence-electron chi connectivity index (χ3n) is 5.89. The van der Waals surface area contributed by atoms with Crippen molar-refractivity contribution in [1.82, 2.24) is 9.21 Å². The first kappa shape index (κ1) is 22.9. The molecular weight excluding hydrogens is 450 g/mol. The Balaban J connectivity index is 1.37. The molecule has 2 aliphatic rings. The van der Waals surface area contributed by atoms with Crippen LogP contribution in [-0.4, -0.2) is 69.3 Å². The Morgan fingerprint density at radius 1 is 1.06 bits per heavy atom. The number of anilines is 1. The van der Waals surface area contributed by atoms with Gasteiger partial charge in [-0.05, 0) is 43.4 Å². The summed E-state index contributed by atoms with van der Waals surface area (Å²) in [6, 6.07) is 8.38. The molecule has 1 N–H and O–H groups in total. The first-order valence-electron chi connectivity index (χ1n) is 10.7. The number of sulfonamides is 1. The molecule has 1 fully saturated rings. The molecule has 172 valence electrons. The number of rotatable bonds is 6. The van der Waals surface area contributed by atoms with Gasteiger partial charge in [0.25, 0.3) is 0 Å². The number of ether oxygens (including phenoxy) is 1. The molecule has 0 bridgehead atoms. The molecule has 10 heteroatoms. The summed E-state index contributed by atoms with van der Waals surface area (Å²) in [5, 5.41) is 3.46. The number of methoxy groups -OCH3 is 1. The van der Waals surface area contributed by atoms with Gasteiger partial charge in [0.1, 0.15) is 5.00 Å².